The first kappa shape index (κ1) is 31.5. The van der Waals surface area contributed by atoms with E-state index in [1.54, 1.807) is 0 Å². The second kappa shape index (κ2) is 12.0. The van der Waals surface area contributed by atoms with Gasteiger partial charge in [0.1, 0.15) is 0 Å². The molecule has 11 rings (SSSR count). The van der Waals surface area contributed by atoms with Crippen molar-refractivity contribution in [1.82, 2.24) is 14.5 Å². The molecule has 0 fully saturated rings. The van der Waals surface area contributed by atoms with E-state index in [1.165, 1.54) is 44.2 Å². The van der Waals surface area contributed by atoms with E-state index in [1.807, 2.05) is 24.5 Å². The highest BCUT2D eigenvalue weighted by Gasteiger charge is 2.36. The smallest absolute Gasteiger partial charge is 0.0986 e. The third-order valence-corrected chi connectivity index (χ3v) is 11.6. The summed E-state index contributed by atoms with van der Waals surface area (Å²) in [5, 5.41) is 4.52. The summed E-state index contributed by atoms with van der Waals surface area (Å²) in [6.45, 7) is 4.70. The van der Waals surface area contributed by atoms with E-state index >= 15 is 0 Å². The zero-order chi connectivity index (χ0) is 36.7. The summed E-state index contributed by atoms with van der Waals surface area (Å²) in [6.07, 6.45) is 3.74. The average molecular weight is 705 g/mol. The van der Waals surface area contributed by atoms with Crippen LogP contribution in [0.1, 0.15) is 25.0 Å². The van der Waals surface area contributed by atoms with Crippen LogP contribution in [0.5, 0.6) is 0 Å². The van der Waals surface area contributed by atoms with Crippen LogP contribution in [-0.4, -0.2) is 14.5 Å². The summed E-state index contributed by atoms with van der Waals surface area (Å²) in [5.74, 6) is 0. The lowest BCUT2D eigenvalue weighted by Crippen LogP contribution is -2.16. The van der Waals surface area contributed by atoms with E-state index in [4.69, 9.17) is 9.97 Å². The van der Waals surface area contributed by atoms with Gasteiger partial charge in [-0.1, -0.05) is 111 Å². The third-order valence-electron chi connectivity index (χ3n) is 11.6. The van der Waals surface area contributed by atoms with Crippen LogP contribution < -0.4 is 4.90 Å². The van der Waals surface area contributed by atoms with E-state index in [9.17, 15) is 0 Å². The number of hydrogen-bond donors (Lipinski definition) is 0. The number of rotatable bonds is 5. The fourth-order valence-electron chi connectivity index (χ4n) is 9.08. The minimum Gasteiger partial charge on any atom is -0.310 e. The van der Waals surface area contributed by atoms with Crippen molar-refractivity contribution < 1.29 is 0 Å². The molecule has 4 nitrogen and oxygen atoms in total. The maximum absolute atomic E-state index is 4.92. The fourth-order valence-corrected chi connectivity index (χ4v) is 9.08. The van der Waals surface area contributed by atoms with E-state index < -0.39 is 0 Å². The fraction of sp³-hybridized carbons (Fsp3) is 0.0588. The number of hydrogen-bond acceptors (Lipinski definition) is 3. The molecular weight excluding hydrogens is 669 g/mol. The molecule has 0 spiro atoms. The highest BCUT2D eigenvalue weighted by Crippen LogP contribution is 2.51. The lowest BCUT2D eigenvalue weighted by molar-refractivity contribution is 0.660. The van der Waals surface area contributed by atoms with Gasteiger partial charge in [-0.3, -0.25) is 9.97 Å². The van der Waals surface area contributed by atoms with Gasteiger partial charge in [-0.15, -0.1) is 0 Å². The zero-order valence-corrected chi connectivity index (χ0v) is 30.6. The minimum atomic E-state index is -0.126. The summed E-state index contributed by atoms with van der Waals surface area (Å²) < 4.78 is 2.40. The molecule has 0 atom stereocenters. The van der Waals surface area contributed by atoms with Crippen molar-refractivity contribution in [3.8, 4) is 27.9 Å². The molecule has 0 amide bonds. The number of nitrogens with zero attached hydrogens (tertiary/aromatic N) is 4. The van der Waals surface area contributed by atoms with Crippen molar-refractivity contribution in [2.45, 2.75) is 19.3 Å². The Labute approximate surface area is 319 Å². The Morgan fingerprint density at radius 2 is 1.07 bits per heavy atom. The van der Waals surface area contributed by atoms with Crippen LogP contribution in [0.4, 0.5) is 17.1 Å². The minimum absolute atomic E-state index is 0.126. The molecule has 10 aromatic rings. The average Bonchev–Trinajstić information content (AvgIpc) is 3.71. The van der Waals surface area contributed by atoms with Gasteiger partial charge in [0.2, 0.25) is 0 Å². The van der Waals surface area contributed by atoms with Crippen molar-refractivity contribution in [1.29, 1.82) is 0 Å². The largest absolute Gasteiger partial charge is 0.310 e. The predicted molar refractivity (Wildman–Crippen MR) is 229 cm³/mol. The first-order chi connectivity index (χ1) is 27.1. The molecule has 4 heteroatoms. The Hall–Kier alpha value is -7.04. The van der Waals surface area contributed by atoms with Crippen molar-refractivity contribution in [3.63, 3.8) is 0 Å². The molecule has 0 N–H and O–H groups in total. The van der Waals surface area contributed by atoms with Crippen LogP contribution in [0.3, 0.4) is 0 Å². The Morgan fingerprint density at radius 3 is 1.85 bits per heavy atom. The number of para-hydroxylation sites is 1. The topological polar surface area (TPSA) is 34.0 Å². The van der Waals surface area contributed by atoms with Crippen LogP contribution in [0.2, 0.25) is 0 Å². The van der Waals surface area contributed by atoms with Crippen molar-refractivity contribution >= 4 is 60.7 Å². The summed E-state index contributed by atoms with van der Waals surface area (Å²) in [4.78, 5) is 12.2. The standard InChI is InChI=1S/C51H36N4/c1-51(2)44-20-10-9-17-39(44)40-27-25-38(32-45(40)51)54(36-23-21-34(22-24-36)33-13-5-3-6-14-33)37-26-28-46-43(31-37)47-41-18-11-29-52-48(41)49-42(19-12-30-53-49)50(47)55(46)35-15-7-4-8-16-35/h3-32H,1-2H3. The number of fused-ring (bicyclic) bond motifs is 11. The quantitative estimate of drug-likeness (QED) is 0.167. The zero-order valence-electron chi connectivity index (χ0n) is 30.6. The lowest BCUT2D eigenvalue weighted by atomic mass is 9.82. The Bertz CT molecular complexity index is 3110. The Kier molecular flexibility index (Phi) is 6.86. The van der Waals surface area contributed by atoms with Gasteiger partial charge in [-0.2, -0.15) is 0 Å². The van der Waals surface area contributed by atoms with E-state index in [-0.39, 0.29) is 5.41 Å². The van der Waals surface area contributed by atoms with Crippen LogP contribution in [0.25, 0.3) is 71.6 Å². The first-order valence-electron chi connectivity index (χ1n) is 18.9. The molecule has 1 aliphatic rings. The second-order valence-corrected chi connectivity index (χ2v) is 15.0. The van der Waals surface area contributed by atoms with Crippen LogP contribution in [-0.2, 0) is 5.41 Å². The second-order valence-electron chi connectivity index (χ2n) is 15.0. The Morgan fingerprint density at radius 1 is 0.473 bits per heavy atom. The maximum atomic E-state index is 4.92. The molecule has 0 saturated heterocycles. The normalized spacial score (nSPS) is 13.1. The van der Waals surface area contributed by atoms with E-state index in [2.05, 4.69) is 181 Å². The molecule has 0 radical (unpaired) electrons. The van der Waals surface area contributed by atoms with Gasteiger partial charge in [0.25, 0.3) is 0 Å². The molecule has 3 heterocycles. The van der Waals surface area contributed by atoms with Crippen LogP contribution in [0, 0.1) is 0 Å². The maximum Gasteiger partial charge on any atom is 0.0986 e. The molecule has 1 aliphatic carbocycles. The summed E-state index contributed by atoms with van der Waals surface area (Å²) in [6, 6.07) is 61.5. The molecular formula is C51H36N4. The molecule has 0 saturated carbocycles. The molecule has 0 unspecified atom stereocenters. The molecule has 55 heavy (non-hydrogen) atoms. The third kappa shape index (κ3) is 4.71. The van der Waals surface area contributed by atoms with Gasteiger partial charge in [-0.25, -0.2) is 0 Å². The number of aromatic nitrogens is 3. The van der Waals surface area contributed by atoms with Gasteiger partial charge in [-0.05, 0) is 106 Å². The van der Waals surface area contributed by atoms with Crippen molar-refractivity contribution in [2.75, 3.05) is 4.90 Å². The Balaban J connectivity index is 1.19. The molecule has 0 bridgehead atoms. The van der Waals surface area contributed by atoms with Crippen molar-refractivity contribution in [3.05, 3.63) is 193 Å². The summed E-state index contributed by atoms with van der Waals surface area (Å²) in [7, 11) is 0. The molecule has 7 aromatic carbocycles. The van der Waals surface area contributed by atoms with Gasteiger partial charge < -0.3 is 9.47 Å². The van der Waals surface area contributed by atoms with Crippen LogP contribution in [0.15, 0.2) is 182 Å². The number of anilines is 3. The molecule has 3 aromatic heterocycles. The summed E-state index contributed by atoms with van der Waals surface area (Å²) in [5.41, 5.74) is 16.1. The molecule has 0 aliphatic heterocycles. The number of pyridine rings is 2. The highest BCUT2D eigenvalue weighted by molar-refractivity contribution is 6.31. The van der Waals surface area contributed by atoms with E-state index in [0.29, 0.717) is 0 Å². The predicted octanol–water partition coefficient (Wildman–Crippen LogP) is 13.3. The van der Waals surface area contributed by atoms with E-state index in [0.717, 1.165) is 55.6 Å². The molecule has 260 valence electrons. The monoisotopic (exact) mass is 704 g/mol. The van der Waals surface area contributed by atoms with Gasteiger partial charge in [0, 0.05) is 62.1 Å². The number of benzene rings is 7. The van der Waals surface area contributed by atoms with Crippen LogP contribution >= 0.6 is 0 Å². The summed E-state index contributed by atoms with van der Waals surface area (Å²) >= 11 is 0. The van der Waals surface area contributed by atoms with Crippen molar-refractivity contribution in [2.24, 2.45) is 0 Å². The highest BCUT2D eigenvalue weighted by atomic mass is 15.1. The van der Waals surface area contributed by atoms with Gasteiger partial charge >= 0.3 is 0 Å². The SMILES string of the molecule is CC1(C)c2ccccc2-c2ccc(N(c3ccc(-c4ccccc4)cc3)c3ccc4c(c3)c3c5cccnc5c5ncccc5c3n4-c3ccccc3)cc21. The lowest BCUT2D eigenvalue weighted by Gasteiger charge is -2.28. The van der Waals surface area contributed by atoms with Gasteiger partial charge in [0.15, 0.2) is 0 Å². The first-order valence-corrected chi connectivity index (χ1v) is 18.9. The van der Waals surface area contributed by atoms with Gasteiger partial charge in [0.05, 0.1) is 22.1 Å².